The fourth-order valence-corrected chi connectivity index (χ4v) is 2.87. The molecule has 100 valence electrons. The lowest BCUT2D eigenvalue weighted by molar-refractivity contribution is 0.538. The van der Waals surface area contributed by atoms with Crippen molar-refractivity contribution in [2.24, 2.45) is 0 Å². The Kier molecular flexibility index (Phi) is 2.45. The minimum Gasteiger partial charge on any atom is -0.240 e. The normalized spacial score (nSPS) is 21.1. The molecule has 3 heterocycles. The van der Waals surface area contributed by atoms with Crippen LogP contribution < -0.4 is 0 Å². The van der Waals surface area contributed by atoms with Crippen LogP contribution in [-0.2, 0) is 0 Å². The van der Waals surface area contributed by atoms with Crippen molar-refractivity contribution in [2.45, 2.75) is 25.3 Å². The van der Waals surface area contributed by atoms with E-state index in [0.717, 1.165) is 12.2 Å². The van der Waals surface area contributed by atoms with Crippen LogP contribution in [-0.4, -0.2) is 24.5 Å². The van der Waals surface area contributed by atoms with Gasteiger partial charge in [0.2, 0.25) is 0 Å². The summed E-state index contributed by atoms with van der Waals surface area (Å²) < 4.78 is 3.76. The molecule has 0 amide bonds. The SMILES string of the molecule is C[C@H]1C[C@@H](c2ccccc2)n2nc(-n3cccn3)nc21. The lowest BCUT2D eigenvalue weighted by atomic mass is 10.0. The number of aromatic nitrogens is 5. The predicted octanol–water partition coefficient (Wildman–Crippen LogP) is 2.56. The van der Waals surface area contributed by atoms with Crippen LogP contribution in [0, 0.1) is 0 Å². The number of nitrogens with zero attached hydrogens (tertiary/aromatic N) is 5. The van der Waals surface area contributed by atoms with Gasteiger partial charge in [-0.25, -0.2) is 9.36 Å². The maximum atomic E-state index is 4.65. The quantitative estimate of drug-likeness (QED) is 0.715. The van der Waals surface area contributed by atoms with Crippen LogP contribution in [0.1, 0.15) is 36.7 Å². The molecule has 5 heteroatoms. The summed E-state index contributed by atoms with van der Waals surface area (Å²) in [6, 6.07) is 12.7. The van der Waals surface area contributed by atoms with E-state index in [4.69, 9.17) is 0 Å². The maximum absolute atomic E-state index is 4.65. The Hall–Kier alpha value is -2.43. The third-order valence-electron chi connectivity index (χ3n) is 3.85. The molecule has 0 fully saturated rings. The van der Waals surface area contributed by atoms with Crippen molar-refractivity contribution in [3.8, 4) is 5.95 Å². The number of rotatable bonds is 2. The average Bonchev–Trinajstić information content (AvgIpc) is 3.17. The van der Waals surface area contributed by atoms with Gasteiger partial charge in [-0.1, -0.05) is 37.3 Å². The Balaban J connectivity index is 1.79. The molecule has 0 bridgehead atoms. The molecular weight excluding hydrogens is 250 g/mol. The fraction of sp³-hybridized carbons (Fsp3) is 0.267. The van der Waals surface area contributed by atoms with E-state index in [2.05, 4.69) is 51.1 Å². The van der Waals surface area contributed by atoms with E-state index < -0.39 is 0 Å². The number of benzene rings is 1. The largest absolute Gasteiger partial charge is 0.269 e. The molecule has 20 heavy (non-hydrogen) atoms. The molecule has 0 N–H and O–H groups in total. The van der Waals surface area contributed by atoms with E-state index in [1.807, 2.05) is 18.3 Å². The number of hydrogen-bond donors (Lipinski definition) is 0. The Morgan fingerprint density at radius 1 is 1.15 bits per heavy atom. The van der Waals surface area contributed by atoms with E-state index in [0.29, 0.717) is 11.9 Å². The summed E-state index contributed by atoms with van der Waals surface area (Å²) in [5, 5.41) is 8.85. The van der Waals surface area contributed by atoms with Crippen molar-refractivity contribution < 1.29 is 0 Å². The second-order valence-corrected chi connectivity index (χ2v) is 5.23. The molecule has 2 aromatic heterocycles. The van der Waals surface area contributed by atoms with E-state index in [1.54, 1.807) is 10.9 Å². The number of hydrogen-bond acceptors (Lipinski definition) is 3. The van der Waals surface area contributed by atoms with Gasteiger partial charge in [0, 0.05) is 18.3 Å². The molecule has 0 radical (unpaired) electrons. The highest BCUT2D eigenvalue weighted by Gasteiger charge is 2.32. The molecule has 0 saturated carbocycles. The van der Waals surface area contributed by atoms with Gasteiger partial charge in [-0.2, -0.15) is 10.1 Å². The lowest BCUT2D eigenvalue weighted by Crippen LogP contribution is -2.08. The van der Waals surface area contributed by atoms with Crippen LogP contribution in [0.25, 0.3) is 5.95 Å². The summed E-state index contributed by atoms with van der Waals surface area (Å²) in [5.41, 5.74) is 1.29. The lowest BCUT2D eigenvalue weighted by Gasteiger charge is -2.11. The monoisotopic (exact) mass is 265 g/mol. The molecular formula is C15H15N5. The summed E-state index contributed by atoms with van der Waals surface area (Å²) in [6.07, 6.45) is 4.66. The van der Waals surface area contributed by atoms with Gasteiger partial charge in [0.05, 0.1) is 6.04 Å². The van der Waals surface area contributed by atoms with Crippen molar-refractivity contribution in [2.75, 3.05) is 0 Å². The van der Waals surface area contributed by atoms with E-state index >= 15 is 0 Å². The molecule has 3 aromatic rings. The minimum absolute atomic E-state index is 0.276. The maximum Gasteiger partial charge on any atom is 0.269 e. The molecule has 1 aliphatic rings. The standard InChI is InChI=1S/C15H15N5/c1-11-10-13(12-6-3-2-4-7-12)20-14(11)17-15(18-20)19-9-5-8-16-19/h2-9,11,13H,10H2,1H3/t11-,13-/m0/s1. The average molecular weight is 265 g/mol. The topological polar surface area (TPSA) is 48.5 Å². The molecule has 0 aliphatic carbocycles. The van der Waals surface area contributed by atoms with E-state index in [-0.39, 0.29) is 6.04 Å². The molecule has 0 saturated heterocycles. The molecule has 4 rings (SSSR count). The third-order valence-corrected chi connectivity index (χ3v) is 3.85. The first-order valence-corrected chi connectivity index (χ1v) is 6.84. The van der Waals surface area contributed by atoms with Gasteiger partial charge in [0.1, 0.15) is 5.82 Å². The summed E-state index contributed by atoms with van der Waals surface area (Å²) in [5.74, 6) is 2.11. The summed E-state index contributed by atoms with van der Waals surface area (Å²) in [4.78, 5) is 4.64. The Labute approximate surface area is 116 Å². The smallest absolute Gasteiger partial charge is 0.240 e. The van der Waals surface area contributed by atoms with Gasteiger partial charge < -0.3 is 0 Å². The fourth-order valence-electron chi connectivity index (χ4n) is 2.87. The van der Waals surface area contributed by atoms with E-state index in [1.165, 1.54) is 5.56 Å². The van der Waals surface area contributed by atoms with Crippen LogP contribution in [0.2, 0.25) is 0 Å². The van der Waals surface area contributed by atoms with Gasteiger partial charge in [0.15, 0.2) is 0 Å². The highest BCUT2D eigenvalue weighted by molar-refractivity contribution is 5.25. The van der Waals surface area contributed by atoms with Crippen molar-refractivity contribution in [3.63, 3.8) is 0 Å². The van der Waals surface area contributed by atoms with Crippen LogP contribution in [0.3, 0.4) is 0 Å². The molecule has 0 unspecified atom stereocenters. The summed E-state index contributed by atoms with van der Waals surface area (Å²) in [7, 11) is 0. The Morgan fingerprint density at radius 3 is 2.75 bits per heavy atom. The predicted molar refractivity (Wildman–Crippen MR) is 74.8 cm³/mol. The van der Waals surface area contributed by atoms with Gasteiger partial charge in [-0.05, 0) is 18.1 Å². The van der Waals surface area contributed by atoms with Crippen LogP contribution in [0.5, 0.6) is 0 Å². The Morgan fingerprint density at radius 2 is 2.00 bits per heavy atom. The molecule has 0 spiro atoms. The molecule has 1 aliphatic heterocycles. The van der Waals surface area contributed by atoms with Crippen molar-refractivity contribution in [1.29, 1.82) is 0 Å². The summed E-state index contributed by atoms with van der Waals surface area (Å²) >= 11 is 0. The minimum atomic E-state index is 0.276. The number of fused-ring (bicyclic) bond motifs is 1. The first-order chi connectivity index (χ1) is 9.83. The van der Waals surface area contributed by atoms with Crippen molar-refractivity contribution in [1.82, 2.24) is 24.5 Å². The molecule has 1 aromatic carbocycles. The highest BCUT2D eigenvalue weighted by Crippen LogP contribution is 2.38. The highest BCUT2D eigenvalue weighted by atomic mass is 15.5. The molecule has 5 nitrogen and oxygen atoms in total. The third kappa shape index (κ3) is 1.66. The Bertz CT molecular complexity index is 714. The summed E-state index contributed by atoms with van der Waals surface area (Å²) in [6.45, 7) is 2.20. The van der Waals surface area contributed by atoms with Crippen LogP contribution >= 0.6 is 0 Å². The van der Waals surface area contributed by atoms with Gasteiger partial charge >= 0.3 is 0 Å². The first kappa shape index (κ1) is 11.4. The zero-order valence-corrected chi connectivity index (χ0v) is 11.2. The van der Waals surface area contributed by atoms with Gasteiger partial charge in [-0.3, -0.25) is 0 Å². The first-order valence-electron chi connectivity index (χ1n) is 6.84. The van der Waals surface area contributed by atoms with E-state index in [9.17, 15) is 0 Å². The molecule has 2 atom stereocenters. The van der Waals surface area contributed by atoms with Gasteiger partial charge in [0.25, 0.3) is 5.95 Å². The van der Waals surface area contributed by atoms with Crippen molar-refractivity contribution >= 4 is 0 Å². The van der Waals surface area contributed by atoms with Crippen LogP contribution in [0.4, 0.5) is 0 Å². The second-order valence-electron chi connectivity index (χ2n) is 5.23. The zero-order chi connectivity index (χ0) is 13.5. The van der Waals surface area contributed by atoms with Gasteiger partial charge in [-0.15, -0.1) is 5.10 Å². The van der Waals surface area contributed by atoms with Crippen molar-refractivity contribution in [3.05, 3.63) is 60.2 Å². The second kappa shape index (κ2) is 4.30. The van der Waals surface area contributed by atoms with Crippen LogP contribution in [0.15, 0.2) is 48.8 Å². The zero-order valence-electron chi connectivity index (χ0n) is 11.2.